The Labute approximate surface area is 127 Å². The van der Waals surface area contributed by atoms with E-state index in [2.05, 4.69) is 12.2 Å². The zero-order valence-corrected chi connectivity index (χ0v) is 12.8. The Morgan fingerprint density at radius 2 is 2.40 bits per heavy atom. The molecule has 7 heteroatoms. The summed E-state index contributed by atoms with van der Waals surface area (Å²) < 4.78 is 4.93. The van der Waals surface area contributed by atoms with Crippen LogP contribution in [0.4, 0.5) is 0 Å². The first-order valence-electron chi connectivity index (χ1n) is 6.54. The summed E-state index contributed by atoms with van der Waals surface area (Å²) in [4.78, 5) is 26.0. The van der Waals surface area contributed by atoms with Gasteiger partial charge in [0.1, 0.15) is 6.04 Å². The van der Waals surface area contributed by atoms with Gasteiger partial charge in [0.05, 0.1) is 17.7 Å². The third-order valence-electron chi connectivity index (χ3n) is 3.12. The molecule has 1 fully saturated rings. The minimum atomic E-state index is -0.435. The zero-order valence-electron chi connectivity index (χ0n) is 11.2. The van der Waals surface area contributed by atoms with Crippen LogP contribution in [0.15, 0.2) is 16.7 Å². The van der Waals surface area contributed by atoms with Gasteiger partial charge in [0.15, 0.2) is 0 Å². The fourth-order valence-corrected chi connectivity index (χ4v) is 3.32. The van der Waals surface area contributed by atoms with Gasteiger partial charge in [-0.3, -0.25) is 9.59 Å². The van der Waals surface area contributed by atoms with E-state index in [9.17, 15) is 9.59 Å². The Morgan fingerprint density at radius 1 is 1.60 bits per heavy atom. The molecule has 0 aliphatic carbocycles. The highest BCUT2D eigenvalue weighted by Gasteiger charge is 2.36. The predicted octanol–water partition coefficient (Wildman–Crippen LogP) is 2.36. The van der Waals surface area contributed by atoms with Crippen LogP contribution in [0.3, 0.4) is 0 Å². The van der Waals surface area contributed by atoms with Gasteiger partial charge in [0.2, 0.25) is 11.1 Å². The monoisotopic (exact) mass is 316 g/mol. The molecule has 1 N–H and O–H groups in total. The normalized spacial score (nSPS) is 18.3. The second kappa shape index (κ2) is 7.04. The van der Waals surface area contributed by atoms with Crippen molar-refractivity contribution >= 4 is 35.2 Å². The summed E-state index contributed by atoms with van der Waals surface area (Å²) in [5, 5.41) is 2.93. The molecule has 0 aromatic carbocycles. The van der Waals surface area contributed by atoms with Crippen molar-refractivity contribution in [3.63, 3.8) is 0 Å². The summed E-state index contributed by atoms with van der Waals surface area (Å²) in [5.41, 5.74) is 0.306. The fraction of sp³-hybridized carbons (Fsp3) is 0.538. The third kappa shape index (κ3) is 3.30. The molecule has 2 amide bonds. The molecule has 1 atom stereocenters. The lowest BCUT2D eigenvalue weighted by atomic mass is 10.2. The van der Waals surface area contributed by atoms with Crippen molar-refractivity contribution in [1.82, 2.24) is 10.2 Å². The van der Waals surface area contributed by atoms with Crippen molar-refractivity contribution in [3.05, 3.63) is 23.1 Å². The fourth-order valence-electron chi connectivity index (χ4n) is 1.97. The lowest BCUT2D eigenvalue weighted by Gasteiger charge is -2.22. The van der Waals surface area contributed by atoms with Crippen molar-refractivity contribution in [2.75, 3.05) is 18.2 Å². The number of amides is 2. The number of furan rings is 1. The number of hydrogen-bond donors (Lipinski definition) is 1. The summed E-state index contributed by atoms with van der Waals surface area (Å²) in [6.07, 6.45) is 3.33. The molecule has 110 valence electrons. The zero-order chi connectivity index (χ0) is 14.5. The Balaban J connectivity index is 2.02. The van der Waals surface area contributed by atoms with E-state index >= 15 is 0 Å². The van der Waals surface area contributed by atoms with E-state index in [0.717, 1.165) is 12.8 Å². The summed E-state index contributed by atoms with van der Waals surface area (Å²) in [6, 6.07) is 1.09. The topological polar surface area (TPSA) is 62.6 Å². The van der Waals surface area contributed by atoms with Crippen molar-refractivity contribution in [3.8, 4) is 0 Å². The number of thioether (sulfide) groups is 1. The number of carbonyl (C=O) groups excluding carboxylic acids is 2. The standard InChI is InChI=1S/C13H17ClN2O3S/c1-2-3-5-15-12(17)10-7-20-8-16(10)13(18)9-4-6-19-11(9)14/h4,6,10H,2-3,5,7-8H2,1H3,(H,15,17)/t10-/m1/s1. The van der Waals surface area contributed by atoms with Crippen LogP contribution in [0.25, 0.3) is 0 Å². The van der Waals surface area contributed by atoms with Crippen molar-refractivity contribution in [2.24, 2.45) is 0 Å². The number of carbonyl (C=O) groups is 2. The number of unbranched alkanes of at least 4 members (excludes halogenated alkanes) is 1. The molecule has 0 saturated carbocycles. The van der Waals surface area contributed by atoms with E-state index in [-0.39, 0.29) is 17.0 Å². The number of nitrogens with zero attached hydrogens (tertiary/aromatic N) is 1. The lowest BCUT2D eigenvalue weighted by Crippen LogP contribution is -2.47. The van der Waals surface area contributed by atoms with Gasteiger partial charge in [0, 0.05) is 12.3 Å². The quantitative estimate of drug-likeness (QED) is 0.847. The summed E-state index contributed by atoms with van der Waals surface area (Å²) in [7, 11) is 0. The molecule has 1 aromatic rings. The average molecular weight is 317 g/mol. The maximum Gasteiger partial charge on any atom is 0.260 e. The molecule has 1 aliphatic heterocycles. The van der Waals surface area contributed by atoms with Gasteiger partial charge in [-0.15, -0.1) is 11.8 Å². The van der Waals surface area contributed by atoms with E-state index in [1.807, 2.05) is 0 Å². The molecule has 1 aromatic heterocycles. The Hall–Kier alpha value is -1.14. The van der Waals surface area contributed by atoms with Crippen LogP contribution < -0.4 is 5.32 Å². The third-order valence-corrected chi connectivity index (χ3v) is 4.43. The molecular weight excluding hydrogens is 300 g/mol. The van der Waals surface area contributed by atoms with Crippen molar-refractivity contribution in [1.29, 1.82) is 0 Å². The van der Waals surface area contributed by atoms with Crippen LogP contribution in [0, 0.1) is 0 Å². The van der Waals surface area contributed by atoms with Crippen LogP contribution in [0.5, 0.6) is 0 Å². The van der Waals surface area contributed by atoms with Gasteiger partial charge in [0.25, 0.3) is 5.91 Å². The van der Waals surface area contributed by atoms with Gasteiger partial charge in [-0.2, -0.15) is 0 Å². The highest BCUT2D eigenvalue weighted by molar-refractivity contribution is 7.99. The van der Waals surface area contributed by atoms with Gasteiger partial charge < -0.3 is 14.6 Å². The second-order valence-electron chi connectivity index (χ2n) is 4.54. The molecule has 1 saturated heterocycles. The predicted molar refractivity (Wildman–Crippen MR) is 78.9 cm³/mol. The van der Waals surface area contributed by atoms with Gasteiger partial charge in [-0.1, -0.05) is 13.3 Å². The first kappa shape index (κ1) is 15.3. The molecule has 0 spiro atoms. The smallest absolute Gasteiger partial charge is 0.260 e. The summed E-state index contributed by atoms with van der Waals surface area (Å²) >= 11 is 7.38. The molecule has 1 aliphatic rings. The van der Waals surface area contributed by atoms with Crippen LogP contribution in [-0.4, -0.2) is 40.9 Å². The van der Waals surface area contributed by atoms with E-state index < -0.39 is 6.04 Å². The SMILES string of the molecule is CCCCNC(=O)[C@H]1CSCN1C(=O)c1ccoc1Cl. The molecule has 5 nitrogen and oxygen atoms in total. The van der Waals surface area contributed by atoms with E-state index in [0.29, 0.717) is 23.7 Å². The van der Waals surface area contributed by atoms with E-state index in [1.54, 1.807) is 16.7 Å². The van der Waals surface area contributed by atoms with Crippen LogP contribution in [-0.2, 0) is 4.79 Å². The first-order chi connectivity index (χ1) is 9.65. The van der Waals surface area contributed by atoms with Crippen LogP contribution in [0.1, 0.15) is 30.1 Å². The van der Waals surface area contributed by atoms with Gasteiger partial charge in [-0.05, 0) is 24.1 Å². The molecular formula is C13H17ClN2O3S. The lowest BCUT2D eigenvalue weighted by molar-refractivity contribution is -0.124. The molecule has 0 bridgehead atoms. The Morgan fingerprint density at radius 3 is 3.05 bits per heavy atom. The molecule has 2 rings (SSSR count). The molecule has 2 heterocycles. The van der Waals surface area contributed by atoms with Crippen molar-refractivity contribution < 1.29 is 14.0 Å². The average Bonchev–Trinajstić information content (AvgIpc) is 3.06. The van der Waals surface area contributed by atoms with Crippen LogP contribution >= 0.6 is 23.4 Å². The largest absolute Gasteiger partial charge is 0.452 e. The highest BCUT2D eigenvalue weighted by Crippen LogP contribution is 2.26. The first-order valence-corrected chi connectivity index (χ1v) is 8.07. The molecule has 0 unspecified atom stereocenters. The van der Waals surface area contributed by atoms with E-state index in [1.165, 1.54) is 12.3 Å². The minimum absolute atomic E-state index is 0.0667. The van der Waals surface area contributed by atoms with Gasteiger partial charge in [-0.25, -0.2) is 0 Å². The molecule has 20 heavy (non-hydrogen) atoms. The van der Waals surface area contributed by atoms with E-state index in [4.69, 9.17) is 16.0 Å². The number of halogens is 1. The van der Waals surface area contributed by atoms with Crippen molar-refractivity contribution in [2.45, 2.75) is 25.8 Å². The summed E-state index contributed by atoms with van der Waals surface area (Å²) in [5.74, 6) is 0.742. The second-order valence-corrected chi connectivity index (χ2v) is 5.89. The highest BCUT2D eigenvalue weighted by atomic mass is 35.5. The Kier molecular flexibility index (Phi) is 5.37. The number of hydrogen-bond acceptors (Lipinski definition) is 4. The van der Waals surface area contributed by atoms with Crippen LogP contribution in [0.2, 0.25) is 5.22 Å². The number of rotatable bonds is 5. The minimum Gasteiger partial charge on any atom is -0.452 e. The maximum atomic E-state index is 12.4. The van der Waals surface area contributed by atoms with Gasteiger partial charge >= 0.3 is 0 Å². The number of nitrogens with one attached hydrogen (secondary N) is 1. The molecule has 0 radical (unpaired) electrons. The Bertz CT molecular complexity index is 492. The maximum absolute atomic E-state index is 12.4. The summed E-state index contributed by atoms with van der Waals surface area (Å²) in [6.45, 7) is 2.71.